The van der Waals surface area contributed by atoms with E-state index < -0.39 is 0 Å². The molecule has 1 aromatic heterocycles. The zero-order valence-electron chi connectivity index (χ0n) is 10.2. The maximum Gasteiger partial charge on any atom is 0.223 e. The fourth-order valence-corrected chi connectivity index (χ4v) is 2.86. The Labute approximate surface area is 118 Å². The fraction of sp³-hybridized carbons (Fsp3) is 0.231. The molecule has 2 rings (SSSR count). The molecule has 0 saturated heterocycles. The minimum Gasteiger partial charge on any atom is -0.302 e. The van der Waals surface area contributed by atoms with E-state index in [1.165, 1.54) is 23.1 Å². The van der Waals surface area contributed by atoms with Crippen LogP contribution in [0.3, 0.4) is 0 Å². The Hall–Kier alpha value is -1.20. The lowest BCUT2D eigenvalue weighted by Gasteiger charge is -2.00. The van der Waals surface area contributed by atoms with Crippen LogP contribution in [0.1, 0.15) is 18.7 Å². The van der Waals surface area contributed by atoms with Gasteiger partial charge in [-0.3, -0.25) is 4.79 Å². The number of amides is 1. The van der Waals surface area contributed by atoms with E-state index in [-0.39, 0.29) is 5.91 Å². The third-order valence-corrected chi connectivity index (χ3v) is 4.06. The van der Waals surface area contributed by atoms with Gasteiger partial charge in [-0.2, -0.15) is 0 Å². The summed E-state index contributed by atoms with van der Waals surface area (Å²) >= 11 is 4.95. The Bertz CT molecular complexity index is 563. The second-order valence-corrected chi connectivity index (χ2v) is 5.83. The molecular formula is C13H13BrN2OS. The molecule has 5 heteroatoms. The molecule has 0 aliphatic rings. The van der Waals surface area contributed by atoms with Gasteiger partial charge >= 0.3 is 0 Å². The van der Waals surface area contributed by atoms with Crippen LogP contribution < -0.4 is 5.32 Å². The largest absolute Gasteiger partial charge is 0.302 e. The van der Waals surface area contributed by atoms with Crippen LogP contribution in [0.5, 0.6) is 0 Å². The molecule has 1 aromatic carbocycles. The highest BCUT2D eigenvalue weighted by Crippen LogP contribution is 2.32. The molecule has 0 aliphatic heterocycles. The second kappa shape index (κ2) is 5.63. The van der Waals surface area contributed by atoms with Crippen molar-refractivity contribution in [3.63, 3.8) is 0 Å². The minimum absolute atomic E-state index is 0.0891. The third-order valence-electron chi connectivity index (χ3n) is 2.42. The fourth-order valence-electron chi connectivity index (χ4n) is 1.63. The SMILES string of the molecule is CCc1sc(NC(C)=O)nc1-c1ccc(Br)cc1. The van der Waals surface area contributed by atoms with Gasteiger partial charge in [0.1, 0.15) is 0 Å². The van der Waals surface area contributed by atoms with Gasteiger partial charge in [-0.1, -0.05) is 35.0 Å². The van der Waals surface area contributed by atoms with Crippen LogP contribution in [0.25, 0.3) is 11.3 Å². The number of thiazole rings is 1. The van der Waals surface area contributed by atoms with Crippen molar-refractivity contribution in [3.8, 4) is 11.3 Å². The molecule has 0 bridgehead atoms. The number of aromatic nitrogens is 1. The van der Waals surface area contributed by atoms with E-state index in [9.17, 15) is 4.79 Å². The molecule has 0 aliphatic carbocycles. The van der Waals surface area contributed by atoms with Gasteiger partial charge < -0.3 is 5.32 Å². The molecule has 0 radical (unpaired) electrons. The van der Waals surface area contributed by atoms with E-state index in [1.54, 1.807) is 0 Å². The topological polar surface area (TPSA) is 42.0 Å². The molecular weight excluding hydrogens is 312 g/mol. The average Bonchev–Trinajstić information content (AvgIpc) is 2.72. The van der Waals surface area contributed by atoms with Gasteiger partial charge in [0.05, 0.1) is 5.69 Å². The summed E-state index contributed by atoms with van der Waals surface area (Å²) in [5.74, 6) is -0.0891. The van der Waals surface area contributed by atoms with Gasteiger partial charge in [0.15, 0.2) is 5.13 Å². The van der Waals surface area contributed by atoms with Crippen LogP contribution in [-0.4, -0.2) is 10.9 Å². The first-order chi connectivity index (χ1) is 8.60. The lowest BCUT2D eigenvalue weighted by Crippen LogP contribution is -2.04. The number of anilines is 1. The molecule has 0 atom stereocenters. The zero-order valence-corrected chi connectivity index (χ0v) is 12.6. The van der Waals surface area contributed by atoms with Crippen molar-refractivity contribution < 1.29 is 4.79 Å². The van der Waals surface area contributed by atoms with Crippen LogP contribution >= 0.6 is 27.3 Å². The molecule has 94 valence electrons. The highest BCUT2D eigenvalue weighted by atomic mass is 79.9. The number of aryl methyl sites for hydroxylation is 1. The summed E-state index contributed by atoms with van der Waals surface area (Å²) in [6.45, 7) is 3.58. The molecule has 1 amide bonds. The van der Waals surface area contributed by atoms with Crippen molar-refractivity contribution in [3.05, 3.63) is 33.6 Å². The van der Waals surface area contributed by atoms with Crippen LogP contribution in [-0.2, 0) is 11.2 Å². The first-order valence-electron chi connectivity index (χ1n) is 5.63. The minimum atomic E-state index is -0.0891. The number of nitrogens with one attached hydrogen (secondary N) is 1. The van der Waals surface area contributed by atoms with E-state index in [0.717, 1.165) is 22.2 Å². The van der Waals surface area contributed by atoms with Crippen LogP contribution in [0, 0.1) is 0 Å². The number of hydrogen-bond acceptors (Lipinski definition) is 3. The first kappa shape index (κ1) is 13.2. The van der Waals surface area contributed by atoms with E-state index in [2.05, 4.69) is 33.2 Å². The van der Waals surface area contributed by atoms with Gasteiger partial charge in [0.2, 0.25) is 5.91 Å². The van der Waals surface area contributed by atoms with Crippen molar-refractivity contribution in [2.75, 3.05) is 5.32 Å². The molecule has 18 heavy (non-hydrogen) atoms. The number of carbonyl (C=O) groups excluding carboxylic acids is 1. The Morgan fingerprint density at radius 2 is 2.06 bits per heavy atom. The van der Waals surface area contributed by atoms with Crippen molar-refractivity contribution >= 4 is 38.3 Å². The van der Waals surface area contributed by atoms with Crippen molar-refractivity contribution in [1.82, 2.24) is 4.98 Å². The molecule has 0 saturated carbocycles. The number of benzene rings is 1. The van der Waals surface area contributed by atoms with Gasteiger partial charge in [0, 0.05) is 21.8 Å². The average molecular weight is 325 g/mol. The lowest BCUT2D eigenvalue weighted by atomic mass is 10.1. The molecule has 3 nitrogen and oxygen atoms in total. The summed E-state index contributed by atoms with van der Waals surface area (Å²) in [6.07, 6.45) is 0.905. The summed E-state index contributed by atoms with van der Waals surface area (Å²) in [5.41, 5.74) is 2.03. The quantitative estimate of drug-likeness (QED) is 0.923. The first-order valence-corrected chi connectivity index (χ1v) is 7.24. The van der Waals surface area contributed by atoms with E-state index >= 15 is 0 Å². The number of nitrogens with zero attached hydrogens (tertiary/aromatic N) is 1. The molecule has 0 fully saturated rings. The predicted octanol–water partition coefficient (Wildman–Crippen LogP) is 4.09. The predicted molar refractivity (Wildman–Crippen MR) is 78.9 cm³/mol. The summed E-state index contributed by atoms with van der Waals surface area (Å²) in [4.78, 5) is 16.7. The zero-order chi connectivity index (χ0) is 13.1. The molecule has 0 spiro atoms. The van der Waals surface area contributed by atoms with E-state index in [0.29, 0.717) is 5.13 Å². The Morgan fingerprint density at radius 3 is 2.61 bits per heavy atom. The monoisotopic (exact) mass is 324 g/mol. The van der Waals surface area contributed by atoms with Crippen LogP contribution in [0.4, 0.5) is 5.13 Å². The van der Waals surface area contributed by atoms with Gasteiger partial charge in [0.25, 0.3) is 0 Å². The van der Waals surface area contributed by atoms with Gasteiger partial charge in [-0.25, -0.2) is 4.98 Å². The summed E-state index contributed by atoms with van der Waals surface area (Å²) in [6, 6.07) is 8.03. The smallest absolute Gasteiger partial charge is 0.223 e. The van der Waals surface area contributed by atoms with E-state index in [1.807, 2.05) is 24.3 Å². The Kier molecular flexibility index (Phi) is 4.14. The number of carbonyl (C=O) groups is 1. The molecule has 1 N–H and O–H groups in total. The van der Waals surface area contributed by atoms with Gasteiger partial charge in [-0.05, 0) is 18.6 Å². The maximum absolute atomic E-state index is 11.1. The van der Waals surface area contributed by atoms with Crippen LogP contribution in [0.15, 0.2) is 28.7 Å². The molecule has 1 heterocycles. The maximum atomic E-state index is 11.1. The van der Waals surface area contributed by atoms with Crippen molar-refractivity contribution in [1.29, 1.82) is 0 Å². The number of hydrogen-bond donors (Lipinski definition) is 1. The number of rotatable bonds is 3. The Morgan fingerprint density at radius 1 is 1.39 bits per heavy atom. The van der Waals surface area contributed by atoms with E-state index in [4.69, 9.17) is 0 Å². The normalized spacial score (nSPS) is 10.4. The van der Waals surface area contributed by atoms with Crippen molar-refractivity contribution in [2.24, 2.45) is 0 Å². The summed E-state index contributed by atoms with van der Waals surface area (Å²) < 4.78 is 1.04. The summed E-state index contributed by atoms with van der Waals surface area (Å²) in [5, 5.41) is 3.40. The second-order valence-electron chi connectivity index (χ2n) is 3.83. The Balaban J connectivity index is 2.39. The molecule has 0 unspecified atom stereocenters. The highest BCUT2D eigenvalue weighted by molar-refractivity contribution is 9.10. The number of halogens is 1. The lowest BCUT2D eigenvalue weighted by molar-refractivity contribution is -0.114. The highest BCUT2D eigenvalue weighted by Gasteiger charge is 2.12. The van der Waals surface area contributed by atoms with Crippen LogP contribution in [0.2, 0.25) is 0 Å². The van der Waals surface area contributed by atoms with Gasteiger partial charge in [-0.15, -0.1) is 11.3 Å². The third kappa shape index (κ3) is 2.97. The standard InChI is InChI=1S/C13H13BrN2OS/c1-3-11-12(9-4-6-10(14)7-5-9)16-13(18-11)15-8(2)17/h4-7H,3H2,1-2H3,(H,15,16,17). The van der Waals surface area contributed by atoms with Crippen molar-refractivity contribution in [2.45, 2.75) is 20.3 Å². The summed E-state index contributed by atoms with van der Waals surface area (Å²) in [7, 11) is 0. The molecule has 2 aromatic rings.